The number of nitrogens with zero attached hydrogens (tertiary/aromatic N) is 2. The van der Waals surface area contributed by atoms with Crippen LogP contribution in [0.1, 0.15) is 11.8 Å². The zero-order chi connectivity index (χ0) is 12.4. The highest BCUT2D eigenvalue weighted by Crippen LogP contribution is 2.14. The topological polar surface area (TPSA) is 34.4 Å². The molecule has 0 spiro atoms. The summed E-state index contributed by atoms with van der Waals surface area (Å²) in [4.78, 5) is 16.8. The van der Waals surface area contributed by atoms with Crippen molar-refractivity contribution in [1.82, 2.24) is 4.57 Å². The standard InChI is InChI=1S/C12H11ClN2OS/c1-8-7-15(12(17-8)14-9(2)16)11-5-3-10(13)4-6-11/h3-7H,1-2H3. The van der Waals surface area contributed by atoms with Crippen LogP contribution in [-0.4, -0.2) is 10.5 Å². The molecule has 17 heavy (non-hydrogen) atoms. The average molecular weight is 267 g/mol. The van der Waals surface area contributed by atoms with Gasteiger partial charge in [0.15, 0.2) is 4.80 Å². The van der Waals surface area contributed by atoms with E-state index < -0.39 is 0 Å². The molecule has 0 atom stereocenters. The molecule has 5 heteroatoms. The Morgan fingerprint density at radius 3 is 2.59 bits per heavy atom. The molecule has 1 aromatic heterocycles. The Labute approximate surface area is 108 Å². The predicted octanol–water partition coefficient (Wildman–Crippen LogP) is 2.95. The van der Waals surface area contributed by atoms with Crippen LogP contribution in [0.3, 0.4) is 0 Å². The molecular weight excluding hydrogens is 256 g/mol. The fourth-order valence-corrected chi connectivity index (χ4v) is 2.46. The number of thiazole rings is 1. The number of aromatic nitrogens is 1. The number of amides is 1. The molecule has 1 aromatic carbocycles. The summed E-state index contributed by atoms with van der Waals surface area (Å²) in [7, 11) is 0. The van der Waals surface area contributed by atoms with Crippen LogP contribution in [0.5, 0.6) is 0 Å². The Morgan fingerprint density at radius 1 is 1.35 bits per heavy atom. The molecule has 0 saturated heterocycles. The highest BCUT2D eigenvalue weighted by Gasteiger charge is 2.02. The molecule has 0 saturated carbocycles. The van der Waals surface area contributed by atoms with Crippen LogP contribution in [0.25, 0.3) is 5.69 Å². The van der Waals surface area contributed by atoms with Crippen molar-refractivity contribution in [2.24, 2.45) is 4.99 Å². The highest BCUT2D eigenvalue weighted by molar-refractivity contribution is 7.09. The van der Waals surface area contributed by atoms with Crippen LogP contribution < -0.4 is 4.80 Å². The van der Waals surface area contributed by atoms with Crippen molar-refractivity contribution in [3.8, 4) is 5.69 Å². The first kappa shape index (κ1) is 12.1. The van der Waals surface area contributed by atoms with Gasteiger partial charge in [0.2, 0.25) is 5.91 Å². The first-order valence-corrected chi connectivity index (χ1v) is 6.26. The third kappa shape index (κ3) is 2.84. The van der Waals surface area contributed by atoms with E-state index in [1.54, 1.807) is 0 Å². The van der Waals surface area contributed by atoms with Gasteiger partial charge in [0.05, 0.1) is 0 Å². The SMILES string of the molecule is CC(=O)N=c1sc(C)cn1-c1ccc(Cl)cc1. The maximum atomic E-state index is 11.1. The maximum absolute atomic E-state index is 11.1. The van der Waals surface area contributed by atoms with Gasteiger partial charge in [0.1, 0.15) is 0 Å². The van der Waals surface area contributed by atoms with Gasteiger partial charge < -0.3 is 0 Å². The van der Waals surface area contributed by atoms with Gasteiger partial charge in [-0.15, -0.1) is 11.3 Å². The Bertz CT molecular complexity index is 610. The zero-order valence-electron chi connectivity index (χ0n) is 9.48. The molecule has 0 bridgehead atoms. The minimum Gasteiger partial charge on any atom is -0.292 e. The van der Waals surface area contributed by atoms with E-state index in [-0.39, 0.29) is 5.91 Å². The quantitative estimate of drug-likeness (QED) is 0.781. The highest BCUT2D eigenvalue weighted by atomic mass is 35.5. The average Bonchev–Trinajstić information content (AvgIpc) is 2.59. The maximum Gasteiger partial charge on any atom is 0.245 e. The lowest BCUT2D eigenvalue weighted by atomic mass is 10.3. The fraction of sp³-hybridized carbons (Fsp3) is 0.167. The van der Waals surface area contributed by atoms with Gasteiger partial charge in [-0.2, -0.15) is 4.99 Å². The van der Waals surface area contributed by atoms with Crippen molar-refractivity contribution in [3.63, 3.8) is 0 Å². The van der Waals surface area contributed by atoms with Crippen LogP contribution in [0.15, 0.2) is 35.5 Å². The first-order chi connectivity index (χ1) is 8.06. The number of aryl methyl sites for hydroxylation is 1. The van der Waals surface area contributed by atoms with E-state index in [9.17, 15) is 4.79 Å². The molecule has 0 radical (unpaired) electrons. The lowest BCUT2D eigenvalue weighted by Gasteiger charge is -2.02. The summed E-state index contributed by atoms with van der Waals surface area (Å²) in [6, 6.07) is 7.42. The van der Waals surface area contributed by atoms with Crippen LogP contribution in [-0.2, 0) is 4.79 Å². The van der Waals surface area contributed by atoms with Crippen LogP contribution in [0.4, 0.5) is 0 Å². The van der Waals surface area contributed by atoms with E-state index in [0.717, 1.165) is 10.6 Å². The monoisotopic (exact) mass is 266 g/mol. The van der Waals surface area contributed by atoms with E-state index in [0.29, 0.717) is 9.82 Å². The van der Waals surface area contributed by atoms with Gasteiger partial charge in [-0.3, -0.25) is 9.36 Å². The van der Waals surface area contributed by atoms with E-state index >= 15 is 0 Å². The van der Waals surface area contributed by atoms with Gasteiger partial charge in [-0.05, 0) is 31.2 Å². The van der Waals surface area contributed by atoms with Crippen molar-refractivity contribution < 1.29 is 4.79 Å². The fourth-order valence-electron chi connectivity index (χ4n) is 1.45. The Kier molecular flexibility index (Phi) is 3.45. The molecule has 88 valence electrons. The molecular formula is C12H11ClN2OS. The van der Waals surface area contributed by atoms with Gasteiger partial charge >= 0.3 is 0 Å². The van der Waals surface area contributed by atoms with E-state index in [1.807, 2.05) is 42.0 Å². The molecule has 1 heterocycles. The molecule has 2 aromatic rings. The number of benzene rings is 1. The van der Waals surface area contributed by atoms with Crippen molar-refractivity contribution in [2.75, 3.05) is 0 Å². The van der Waals surface area contributed by atoms with Crippen molar-refractivity contribution in [1.29, 1.82) is 0 Å². The molecule has 1 amide bonds. The van der Waals surface area contributed by atoms with Crippen LogP contribution >= 0.6 is 22.9 Å². The van der Waals surface area contributed by atoms with E-state index in [2.05, 4.69) is 4.99 Å². The van der Waals surface area contributed by atoms with Crippen molar-refractivity contribution in [2.45, 2.75) is 13.8 Å². The minimum absolute atomic E-state index is 0.199. The smallest absolute Gasteiger partial charge is 0.245 e. The van der Waals surface area contributed by atoms with E-state index in [4.69, 9.17) is 11.6 Å². The van der Waals surface area contributed by atoms with Crippen LogP contribution in [0, 0.1) is 6.92 Å². The molecule has 3 nitrogen and oxygen atoms in total. The third-order valence-corrected chi connectivity index (χ3v) is 3.28. The Morgan fingerprint density at radius 2 is 2.00 bits per heavy atom. The predicted molar refractivity (Wildman–Crippen MR) is 69.6 cm³/mol. The number of rotatable bonds is 1. The molecule has 0 unspecified atom stereocenters. The Balaban J connectivity index is 2.59. The third-order valence-electron chi connectivity index (χ3n) is 2.13. The zero-order valence-corrected chi connectivity index (χ0v) is 11.0. The summed E-state index contributed by atoms with van der Waals surface area (Å²) in [6.07, 6.45) is 1.95. The van der Waals surface area contributed by atoms with E-state index in [1.165, 1.54) is 18.3 Å². The molecule has 0 aliphatic carbocycles. The molecule has 0 fully saturated rings. The first-order valence-electron chi connectivity index (χ1n) is 5.06. The number of carbonyl (C=O) groups excluding carboxylic acids is 1. The normalized spacial score (nSPS) is 11.8. The molecule has 0 N–H and O–H groups in total. The van der Waals surface area contributed by atoms with Crippen molar-refractivity contribution >= 4 is 28.8 Å². The second kappa shape index (κ2) is 4.85. The summed E-state index contributed by atoms with van der Waals surface area (Å²) < 4.78 is 1.89. The van der Waals surface area contributed by atoms with Gasteiger partial charge in [-0.1, -0.05) is 11.6 Å². The molecule has 0 aliphatic rings. The second-order valence-corrected chi connectivity index (χ2v) is 5.25. The van der Waals surface area contributed by atoms with Gasteiger partial charge in [-0.25, -0.2) is 0 Å². The summed E-state index contributed by atoms with van der Waals surface area (Å²) in [6.45, 7) is 3.43. The summed E-state index contributed by atoms with van der Waals surface area (Å²) in [5.74, 6) is -0.199. The van der Waals surface area contributed by atoms with Gasteiger partial charge in [0, 0.05) is 28.7 Å². The largest absolute Gasteiger partial charge is 0.292 e. The lowest BCUT2D eigenvalue weighted by Crippen LogP contribution is -2.13. The van der Waals surface area contributed by atoms with Gasteiger partial charge in [0.25, 0.3) is 0 Å². The van der Waals surface area contributed by atoms with Crippen LogP contribution in [0.2, 0.25) is 5.02 Å². The van der Waals surface area contributed by atoms with Crippen molar-refractivity contribution in [3.05, 3.63) is 45.2 Å². The molecule has 2 rings (SSSR count). The summed E-state index contributed by atoms with van der Waals surface area (Å²) >= 11 is 7.33. The minimum atomic E-state index is -0.199. The second-order valence-electron chi connectivity index (χ2n) is 3.60. The number of halogens is 1. The summed E-state index contributed by atoms with van der Waals surface area (Å²) in [5.41, 5.74) is 0.943. The lowest BCUT2D eigenvalue weighted by molar-refractivity contribution is -0.116. The Hall–Kier alpha value is -1.39. The molecule has 0 aliphatic heterocycles. The number of hydrogen-bond donors (Lipinski definition) is 0. The summed E-state index contributed by atoms with van der Waals surface area (Å²) in [5, 5.41) is 0.686. The number of hydrogen-bond acceptors (Lipinski definition) is 2. The number of carbonyl (C=O) groups is 1.